The third kappa shape index (κ3) is 4.36. The lowest BCUT2D eigenvalue weighted by Crippen LogP contribution is -2.24. The van der Waals surface area contributed by atoms with Gasteiger partial charge in [-0.05, 0) is 31.3 Å². The summed E-state index contributed by atoms with van der Waals surface area (Å²) in [5, 5.41) is 2.80. The van der Waals surface area contributed by atoms with Crippen molar-refractivity contribution in [2.24, 2.45) is 0 Å². The molecule has 0 saturated heterocycles. The van der Waals surface area contributed by atoms with E-state index in [1.54, 1.807) is 0 Å². The third-order valence-electron chi connectivity index (χ3n) is 3.03. The van der Waals surface area contributed by atoms with Crippen molar-refractivity contribution >= 4 is 5.91 Å². The highest BCUT2D eigenvalue weighted by molar-refractivity contribution is 5.93. The summed E-state index contributed by atoms with van der Waals surface area (Å²) in [7, 11) is 3.99. The Bertz CT molecular complexity index is 628. The zero-order valence-electron chi connectivity index (χ0n) is 12.1. The first-order valence-corrected chi connectivity index (χ1v) is 6.67. The van der Waals surface area contributed by atoms with Crippen molar-refractivity contribution < 1.29 is 9.18 Å². The summed E-state index contributed by atoms with van der Waals surface area (Å²) in [4.78, 5) is 17.5. The maximum atomic E-state index is 13.0. The SMILES string of the molecule is CN(C)Cc1ccccc1CNC(=O)c1ccnc(F)c1. The number of nitrogens with one attached hydrogen (secondary N) is 1. The Labute approximate surface area is 123 Å². The van der Waals surface area contributed by atoms with Crippen LogP contribution in [0.1, 0.15) is 21.5 Å². The van der Waals surface area contributed by atoms with Gasteiger partial charge in [-0.1, -0.05) is 24.3 Å². The maximum absolute atomic E-state index is 13.0. The number of halogens is 1. The molecule has 4 nitrogen and oxygen atoms in total. The molecule has 0 atom stereocenters. The Morgan fingerprint density at radius 1 is 1.24 bits per heavy atom. The fourth-order valence-electron chi connectivity index (χ4n) is 2.05. The van der Waals surface area contributed by atoms with Gasteiger partial charge >= 0.3 is 0 Å². The number of pyridine rings is 1. The van der Waals surface area contributed by atoms with Gasteiger partial charge in [0.15, 0.2) is 0 Å². The first kappa shape index (κ1) is 15.1. The zero-order valence-corrected chi connectivity index (χ0v) is 12.1. The van der Waals surface area contributed by atoms with E-state index >= 15 is 0 Å². The molecule has 0 aliphatic rings. The normalized spacial score (nSPS) is 10.7. The highest BCUT2D eigenvalue weighted by atomic mass is 19.1. The molecule has 0 fully saturated rings. The predicted octanol–water partition coefficient (Wildman–Crippen LogP) is 2.21. The highest BCUT2D eigenvalue weighted by Crippen LogP contribution is 2.11. The van der Waals surface area contributed by atoms with E-state index in [1.165, 1.54) is 12.3 Å². The van der Waals surface area contributed by atoms with Crippen molar-refractivity contribution in [3.05, 3.63) is 65.2 Å². The van der Waals surface area contributed by atoms with Gasteiger partial charge in [0.05, 0.1) is 0 Å². The number of benzene rings is 1. The van der Waals surface area contributed by atoms with Crippen molar-refractivity contribution in [3.8, 4) is 0 Å². The molecule has 0 spiro atoms. The van der Waals surface area contributed by atoms with Crippen molar-refractivity contribution in [2.45, 2.75) is 13.1 Å². The van der Waals surface area contributed by atoms with E-state index in [0.29, 0.717) is 6.54 Å². The van der Waals surface area contributed by atoms with Crippen molar-refractivity contribution in [3.63, 3.8) is 0 Å². The fraction of sp³-hybridized carbons (Fsp3) is 0.250. The molecule has 1 amide bonds. The molecule has 0 bridgehead atoms. The number of nitrogens with zero attached hydrogens (tertiary/aromatic N) is 2. The predicted molar refractivity (Wildman–Crippen MR) is 79.2 cm³/mol. The maximum Gasteiger partial charge on any atom is 0.251 e. The molecule has 0 radical (unpaired) electrons. The van der Waals surface area contributed by atoms with Crippen LogP contribution in [0.2, 0.25) is 0 Å². The van der Waals surface area contributed by atoms with Gasteiger partial charge in [-0.2, -0.15) is 4.39 Å². The number of aromatic nitrogens is 1. The van der Waals surface area contributed by atoms with E-state index in [-0.39, 0.29) is 11.5 Å². The molecule has 2 aromatic rings. The van der Waals surface area contributed by atoms with Crippen molar-refractivity contribution in [1.82, 2.24) is 15.2 Å². The van der Waals surface area contributed by atoms with E-state index in [1.807, 2.05) is 38.4 Å². The van der Waals surface area contributed by atoms with Crippen LogP contribution in [-0.2, 0) is 13.1 Å². The summed E-state index contributed by atoms with van der Waals surface area (Å²) in [5.41, 5.74) is 2.48. The fourth-order valence-corrected chi connectivity index (χ4v) is 2.05. The van der Waals surface area contributed by atoms with E-state index < -0.39 is 5.95 Å². The number of hydrogen-bond acceptors (Lipinski definition) is 3. The molecule has 0 aliphatic heterocycles. The quantitative estimate of drug-likeness (QED) is 0.858. The molecule has 1 N–H and O–H groups in total. The van der Waals surface area contributed by atoms with Crippen LogP contribution in [0.3, 0.4) is 0 Å². The van der Waals surface area contributed by atoms with Gasteiger partial charge in [0.2, 0.25) is 5.95 Å². The standard InChI is InChI=1S/C16H18FN3O/c1-20(2)11-14-6-4-3-5-13(14)10-19-16(21)12-7-8-18-15(17)9-12/h3-9H,10-11H2,1-2H3,(H,19,21). The molecule has 1 aromatic heterocycles. The Balaban J connectivity index is 2.04. The van der Waals surface area contributed by atoms with Crippen LogP contribution in [-0.4, -0.2) is 29.9 Å². The lowest BCUT2D eigenvalue weighted by atomic mass is 10.1. The largest absolute Gasteiger partial charge is 0.348 e. The van der Waals surface area contributed by atoms with E-state index in [0.717, 1.165) is 23.7 Å². The van der Waals surface area contributed by atoms with Gasteiger partial charge < -0.3 is 10.2 Å². The second-order valence-electron chi connectivity index (χ2n) is 5.06. The average molecular weight is 287 g/mol. The number of carbonyl (C=O) groups excluding carboxylic acids is 1. The summed E-state index contributed by atoms with van der Waals surface area (Å²) in [5.74, 6) is -0.966. The highest BCUT2D eigenvalue weighted by Gasteiger charge is 2.08. The molecule has 110 valence electrons. The van der Waals surface area contributed by atoms with Crippen molar-refractivity contribution in [1.29, 1.82) is 0 Å². The molecule has 0 aliphatic carbocycles. The average Bonchev–Trinajstić information content (AvgIpc) is 2.45. The van der Waals surface area contributed by atoms with Gasteiger partial charge in [-0.25, -0.2) is 4.98 Å². The summed E-state index contributed by atoms with van der Waals surface area (Å²) in [6.07, 6.45) is 1.28. The Morgan fingerprint density at radius 3 is 2.62 bits per heavy atom. The molecule has 5 heteroatoms. The number of rotatable bonds is 5. The second kappa shape index (κ2) is 6.95. The lowest BCUT2D eigenvalue weighted by Gasteiger charge is -2.14. The van der Waals surface area contributed by atoms with E-state index in [2.05, 4.69) is 15.2 Å². The summed E-state index contributed by atoms with van der Waals surface area (Å²) >= 11 is 0. The van der Waals surface area contributed by atoms with Crippen molar-refractivity contribution in [2.75, 3.05) is 14.1 Å². The molecular formula is C16H18FN3O. The molecule has 1 heterocycles. The van der Waals surface area contributed by atoms with Gasteiger partial charge in [-0.15, -0.1) is 0 Å². The van der Waals surface area contributed by atoms with Crippen LogP contribution in [0, 0.1) is 5.95 Å². The Hall–Kier alpha value is -2.27. The molecule has 0 unspecified atom stereocenters. The molecular weight excluding hydrogens is 269 g/mol. The summed E-state index contributed by atoms with van der Waals surface area (Å²) < 4.78 is 13.0. The van der Waals surface area contributed by atoms with E-state index in [9.17, 15) is 9.18 Å². The first-order chi connectivity index (χ1) is 10.1. The zero-order chi connectivity index (χ0) is 15.2. The monoisotopic (exact) mass is 287 g/mol. The summed E-state index contributed by atoms with van der Waals surface area (Å²) in [6.45, 7) is 1.21. The third-order valence-corrected chi connectivity index (χ3v) is 3.03. The number of hydrogen-bond donors (Lipinski definition) is 1. The molecule has 2 rings (SSSR count). The van der Waals surface area contributed by atoms with Crippen LogP contribution in [0.4, 0.5) is 4.39 Å². The topological polar surface area (TPSA) is 45.2 Å². The minimum Gasteiger partial charge on any atom is -0.348 e. The number of amides is 1. The van der Waals surface area contributed by atoms with Crippen LogP contribution in [0.15, 0.2) is 42.6 Å². The van der Waals surface area contributed by atoms with Gasteiger partial charge in [0.1, 0.15) is 0 Å². The van der Waals surface area contributed by atoms with Crippen LogP contribution < -0.4 is 5.32 Å². The molecule has 21 heavy (non-hydrogen) atoms. The molecule has 0 saturated carbocycles. The first-order valence-electron chi connectivity index (χ1n) is 6.67. The Morgan fingerprint density at radius 2 is 1.95 bits per heavy atom. The van der Waals surface area contributed by atoms with Crippen LogP contribution in [0.5, 0.6) is 0 Å². The van der Waals surface area contributed by atoms with E-state index in [4.69, 9.17) is 0 Å². The number of carbonyl (C=O) groups is 1. The lowest BCUT2D eigenvalue weighted by molar-refractivity contribution is 0.0950. The smallest absolute Gasteiger partial charge is 0.251 e. The van der Waals surface area contributed by atoms with Crippen LogP contribution >= 0.6 is 0 Å². The Kier molecular flexibility index (Phi) is 5.00. The second-order valence-corrected chi connectivity index (χ2v) is 5.06. The molecule has 1 aromatic carbocycles. The minimum absolute atomic E-state index is 0.271. The van der Waals surface area contributed by atoms with Gasteiger partial charge in [-0.3, -0.25) is 4.79 Å². The van der Waals surface area contributed by atoms with Crippen LogP contribution in [0.25, 0.3) is 0 Å². The summed E-state index contributed by atoms with van der Waals surface area (Å²) in [6, 6.07) is 10.5. The van der Waals surface area contributed by atoms with Gasteiger partial charge in [0, 0.05) is 30.9 Å². The minimum atomic E-state index is -0.657. The van der Waals surface area contributed by atoms with Gasteiger partial charge in [0.25, 0.3) is 5.91 Å².